The monoisotopic (exact) mass is 547 g/mol. The molecule has 8 heteroatoms. The fourth-order valence-corrected chi connectivity index (χ4v) is 7.03. The van der Waals surface area contributed by atoms with Gasteiger partial charge in [0, 0.05) is 23.4 Å². The molecule has 5 rings (SSSR count). The highest BCUT2D eigenvalue weighted by Gasteiger charge is 2.40. The van der Waals surface area contributed by atoms with Gasteiger partial charge in [0.05, 0.1) is 17.3 Å². The lowest BCUT2D eigenvalue weighted by Gasteiger charge is -2.35. The van der Waals surface area contributed by atoms with E-state index < -0.39 is 12.0 Å². The van der Waals surface area contributed by atoms with Crippen LogP contribution in [0, 0.1) is 11.8 Å². The number of benzene rings is 2. The van der Waals surface area contributed by atoms with Crippen LogP contribution in [0.4, 0.5) is 0 Å². The van der Waals surface area contributed by atoms with Crippen LogP contribution in [0.5, 0.6) is 0 Å². The van der Waals surface area contributed by atoms with Crippen molar-refractivity contribution in [3.05, 3.63) is 52.3 Å². The summed E-state index contributed by atoms with van der Waals surface area (Å²) in [5.41, 5.74) is 1.94. The van der Waals surface area contributed by atoms with Crippen molar-refractivity contribution in [2.45, 2.75) is 77.3 Å². The van der Waals surface area contributed by atoms with E-state index in [0.29, 0.717) is 11.9 Å². The predicted octanol–water partition coefficient (Wildman–Crippen LogP) is 6.44. The Morgan fingerprint density at radius 1 is 1.05 bits per heavy atom. The number of hydrogen-bond acceptors (Lipinski definition) is 5. The minimum atomic E-state index is -0.954. The van der Waals surface area contributed by atoms with E-state index in [-0.39, 0.29) is 35.3 Å². The Morgan fingerprint density at radius 3 is 2.51 bits per heavy atom. The van der Waals surface area contributed by atoms with Gasteiger partial charge in [-0.1, -0.05) is 63.4 Å². The number of likely N-dealkylation sites (tertiary alicyclic amines) is 1. The molecule has 2 N–H and O–H groups in total. The second-order valence-electron chi connectivity index (χ2n) is 11.0. The number of carboxylic acid groups (broad SMARTS) is 1. The van der Waals surface area contributed by atoms with Gasteiger partial charge in [0.15, 0.2) is 0 Å². The lowest BCUT2D eigenvalue weighted by molar-refractivity contribution is -0.140. The Balaban J connectivity index is 1.42. The predicted molar refractivity (Wildman–Crippen MR) is 154 cm³/mol. The zero-order valence-corrected chi connectivity index (χ0v) is 23.5. The molecular formula is C31H37N3O4S. The third-order valence-electron chi connectivity index (χ3n) is 8.52. The normalized spacial score (nSPS) is 19.6. The molecule has 3 aromatic rings. The first-order valence-corrected chi connectivity index (χ1v) is 15.1. The maximum absolute atomic E-state index is 14.1. The van der Waals surface area contributed by atoms with Crippen molar-refractivity contribution in [2.75, 3.05) is 6.54 Å². The summed E-state index contributed by atoms with van der Waals surface area (Å²) in [5, 5.41) is 17.2. The number of carbonyl (C=O) groups is 3. The van der Waals surface area contributed by atoms with Crippen molar-refractivity contribution in [1.82, 2.24) is 15.2 Å². The molecule has 2 aromatic carbocycles. The third-order valence-corrected chi connectivity index (χ3v) is 9.46. The Bertz CT molecular complexity index is 1360. The molecular weight excluding hydrogens is 510 g/mol. The van der Waals surface area contributed by atoms with E-state index in [0.717, 1.165) is 66.6 Å². The van der Waals surface area contributed by atoms with Gasteiger partial charge in [-0.05, 0) is 54.9 Å². The van der Waals surface area contributed by atoms with Crippen molar-refractivity contribution >= 4 is 39.9 Å². The molecule has 1 saturated carbocycles. The highest BCUT2D eigenvalue weighted by molar-refractivity contribution is 7.10. The topological polar surface area (TPSA) is 99.6 Å². The smallest absolute Gasteiger partial charge is 0.336 e. The first-order chi connectivity index (χ1) is 18.9. The Labute approximate surface area is 233 Å². The van der Waals surface area contributed by atoms with Crippen LogP contribution in [0.3, 0.4) is 0 Å². The number of carboxylic acids is 1. The number of aromatic carboxylic acids is 1. The molecule has 2 amide bonds. The van der Waals surface area contributed by atoms with Crippen LogP contribution in [0.25, 0.3) is 22.0 Å². The van der Waals surface area contributed by atoms with Crippen molar-refractivity contribution in [3.63, 3.8) is 0 Å². The van der Waals surface area contributed by atoms with Gasteiger partial charge in [0.1, 0.15) is 11.0 Å². The van der Waals surface area contributed by atoms with Gasteiger partial charge in [-0.15, -0.1) is 11.3 Å². The summed E-state index contributed by atoms with van der Waals surface area (Å²) >= 11 is 1.54. The molecule has 39 heavy (non-hydrogen) atoms. The van der Waals surface area contributed by atoms with E-state index >= 15 is 0 Å². The number of rotatable bonds is 8. The number of nitrogens with zero attached hydrogens (tertiary/aromatic N) is 2. The molecule has 1 saturated heterocycles. The molecule has 0 spiro atoms. The second-order valence-corrected chi connectivity index (χ2v) is 11.9. The Hall–Kier alpha value is -3.26. The van der Waals surface area contributed by atoms with Crippen molar-refractivity contribution in [2.24, 2.45) is 11.8 Å². The van der Waals surface area contributed by atoms with E-state index in [2.05, 4.69) is 5.32 Å². The van der Waals surface area contributed by atoms with Gasteiger partial charge >= 0.3 is 5.97 Å². The molecule has 1 aromatic heterocycles. The van der Waals surface area contributed by atoms with E-state index in [1.54, 1.807) is 17.4 Å². The molecule has 1 aliphatic carbocycles. The number of amides is 2. The lowest BCUT2D eigenvalue weighted by atomic mass is 9.83. The molecule has 1 aliphatic heterocycles. The summed E-state index contributed by atoms with van der Waals surface area (Å²) in [6.45, 7) is 4.58. The summed E-state index contributed by atoms with van der Waals surface area (Å²) in [4.78, 5) is 45.6. The highest BCUT2D eigenvalue weighted by atomic mass is 32.1. The Morgan fingerprint density at radius 2 is 1.79 bits per heavy atom. The summed E-state index contributed by atoms with van der Waals surface area (Å²) in [7, 11) is 0. The number of thiazole rings is 1. The first-order valence-electron chi connectivity index (χ1n) is 14.2. The first kappa shape index (κ1) is 27.3. The third kappa shape index (κ3) is 5.57. The van der Waals surface area contributed by atoms with Gasteiger partial charge in [-0.25, -0.2) is 9.78 Å². The molecule has 2 aliphatic rings. The van der Waals surface area contributed by atoms with Gasteiger partial charge in [-0.2, -0.15) is 0 Å². The summed E-state index contributed by atoms with van der Waals surface area (Å²) < 4.78 is 0. The number of hydrogen-bond donors (Lipinski definition) is 2. The van der Waals surface area contributed by atoms with E-state index in [9.17, 15) is 19.5 Å². The number of fused-ring (bicyclic) bond motifs is 1. The second kappa shape index (κ2) is 11.9. The molecule has 2 heterocycles. The van der Waals surface area contributed by atoms with Crippen LogP contribution in [0.1, 0.15) is 86.6 Å². The summed E-state index contributed by atoms with van der Waals surface area (Å²) in [6.07, 6.45) is 7.81. The molecule has 206 valence electrons. The van der Waals surface area contributed by atoms with Crippen LogP contribution in [0.15, 0.2) is 41.8 Å². The summed E-state index contributed by atoms with van der Waals surface area (Å²) in [6, 6.07) is 10.4. The zero-order valence-electron chi connectivity index (χ0n) is 22.7. The fourth-order valence-electron chi connectivity index (χ4n) is 6.07. The number of nitrogens with one attached hydrogen (secondary N) is 1. The molecule has 3 atom stereocenters. The quantitative estimate of drug-likeness (QED) is 0.338. The standard InChI is InChI=1S/C31H37N3O4S/c1-3-19(2)28(35)33-27(20-10-5-4-6-11-20)30(36)34-17-9-14-26(34)29-32-25(18-39-29)23-15-16-24(31(37)38)22-13-8-7-12-21(22)23/h7-8,12-13,15-16,18-20,26-27H,3-6,9-11,14,17H2,1-2H3,(H,33,35)(H,37,38)/t19-,26+,27+/m1/s1. The van der Waals surface area contributed by atoms with E-state index in [4.69, 9.17) is 4.98 Å². The average molecular weight is 548 g/mol. The maximum Gasteiger partial charge on any atom is 0.336 e. The minimum Gasteiger partial charge on any atom is -0.478 e. The molecule has 2 fully saturated rings. The van der Waals surface area contributed by atoms with Crippen LogP contribution >= 0.6 is 11.3 Å². The van der Waals surface area contributed by atoms with Crippen LogP contribution in [-0.4, -0.2) is 45.4 Å². The number of aromatic nitrogens is 1. The average Bonchev–Trinajstić information content (AvgIpc) is 3.65. The van der Waals surface area contributed by atoms with Gasteiger partial charge in [-0.3, -0.25) is 9.59 Å². The van der Waals surface area contributed by atoms with Crippen LogP contribution < -0.4 is 5.32 Å². The van der Waals surface area contributed by atoms with Crippen molar-refractivity contribution in [1.29, 1.82) is 0 Å². The summed E-state index contributed by atoms with van der Waals surface area (Å²) in [5.74, 6) is -0.919. The largest absolute Gasteiger partial charge is 0.478 e. The minimum absolute atomic E-state index is 0.0223. The van der Waals surface area contributed by atoms with Crippen LogP contribution in [0.2, 0.25) is 0 Å². The van der Waals surface area contributed by atoms with Gasteiger partial charge in [0.2, 0.25) is 11.8 Å². The Kier molecular flexibility index (Phi) is 8.31. The van der Waals surface area contributed by atoms with Crippen LogP contribution in [-0.2, 0) is 9.59 Å². The molecule has 0 radical (unpaired) electrons. The molecule has 7 nitrogen and oxygen atoms in total. The van der Waals surface area contributed by atoms with E-state index in [1.165, 1.54) is 6.42 Å². The number of carbonyl (C=O) groups excluding carboxylic acids is 2. The molecule has 0 bridgehead atoms. The van der Waals surface area contributed by atoms with Crippen molar-refractivity contribution in [3.8, 4) is 11.3 Å². The van der Waals surface area contributed by atoms with Crippen molar-refractivity contribution < 1.29 is 19.5 Å². The maximum atomic E-state index is 14.1. The van der Waals surface area contributed by atoms with E-state index in [1.807, 2.05) is 54.5 Å². The van der Waals surface area contributed by atoms with Gasteiger partial charge in [0.25, 0.3) is 0 Å². The zero-order chi connectivity index (χ0) is 27.5. The van der Waals surface area contributed by atoms with Gasteiger partial charge < -0.3 is 15.3 Å². The highest BCUT2D eigenvalue weighted by Crippen LogP contribution is 2.39. The SMILES string of the molecule is CC[C@@H](C)C(=O)N[C@H](C(=O)N1CCC[C@H]1c1nc(-c2ccc(C(=O)O)c3ccccc23)cs1)C1CCCCC1. The lowest BCUT2D eigenvalue weighted by Crippen LogP contribution is -2.53. The fraction of sp³-hybridized carbons (Fsp3) is 0.484. The molecule has 0 unspecified atom stereocenters.